The first-order chi connectivity index (χ1) is 9.43. The molecule has 0 spiro atoms. The van der Waals surface area contributed by atoms with Crippen molar-refractivity contribution in [2.24, 2.45) is 0 Å². The highest BCUT2D eigenvalue weighted by Gasteiger charge is 2.19. The van der Waals surface area contributed by atoms with E-state index in [1.807, 2.05) is 13.0 Å². The van der Waals surface area contributed by atoms with E-state index >= 15 is 0 Å². The van der Waals surface area contributed by atoms with Gasteiger partial charge in [0.15, 0.2) is 0 Å². The second-order valence-corrected chi connectivity index (χ2v) is 6.13. The molecule has 0 N–H and O–H groups in total. The Morgan fingerprint density at radius 3 is 2.40 bits per heavy atom. The van der Waals surface area contributed by atoms with Crippen LogP contribution in [-0.4, -0.2) is 7.11 Å². The van der Waals surface area contributed by atoms with Crippen molar-refractivity contribution >= 4 is 39.1 Å². The van der Waals surface area contributed by atoms with Crippen molar-refractivity contribution in [3.63, 3.8) is 0 Å². The van der Waals surface area contributed by atoms with Crippen molar-refractivity contribution in [1.82, 2.24) is 0 Å². The van der Waals surface area contributed by atoms with Crippen LogP contribution < -0.4 is 4.74 Å². The first kappa shape index (κ1) is 15.6. The number of hydrogen-bond donors (Lipinski definition) is 0. The zero-order valence-electron chi connectivity index (χ0n) is 10.9. The third-order valence-corrected chi connectivity index (χ3v) is 4.58. The van der Waals surface area contributed by atoms with Crippen molar-refractivity contribution < 1.29 is 9.13 Å². The van der Waals surface area contributed by atoms with Crippen LogP contribution in [-0.2, 0) is 0 Å². The molecule has 0 heterocycles. The molecular formula is C15H12BrCl2FO. The molecule has 1 nitrogen and oxygen atoms in total. The van der Waals surface area contributed by atoms with Crippen LogP contribution >= 0.6 is 39.1 Å². The molecule has 0 saturated heterocycles. The quantitative estimate of drug-likeness (QED) is 0.602. The largest absolute Gasteiger partial charge is 0.495 e. The molecule has 0 aromatic heterocycles. The van der Waals surface area contributed by atoms with Crippen LogP contribution in [0.5, 0.6) is 5.75 Å². The number of aryl methyl sites for hydroxylation is 1. The average molecular weight is 378 g/mol. The molecule has 106 valence electrons. The monoisotopic (exact) mass is 376 g/mol. The van der Waals surface area contributed by atoms with Gasteiger partial charge in [0.05, 0.1) is 17.0 Å². The number of alkyl halides is 1. The minimum absolute atomic E-state index is 0.283. The molecule has 2 rings (SSSR count). The third kappa shape index (κ3) is 3.11. The molecule has 1 atom stereocenters. The summed E-state index contributed by atoms with van der Waals surface area (Å²) < 4.78 is 19.1. The fraction of sp³-hybridized carbons (Fsp3) is 0.200. The lowest BCUT2D eigenvalue weighted by Crippen LogP contribution is -1.99. The minimum atomic E-state index is -0.376. The lowest BCUT2D eigenvalue weighted by molar-refractivity contribution is 0.415. The zero-order valence-corrected chi connectivity index (χ0v) is 14.0. The highest BCUT2D eigenvalue weighted by atomic mass is 79.9. The van der Waals surface area contributed by atoms with Gasteiger partial charge in [0, 0.05) is 16.7 Å². The standard InChI is InChI=1S/C15H12BrCl2FO/c1-8-3-4-9(13(19)5-8)15(16)10-6-12(18)14(20-2)7-11(10)17/h3-7,15H,1-2H3. The number of hydrogen-bond acceptors (Lipinski definition) is 1. The molecule has 5 heteroatoms. The van der Waals surface area contributed by atoms with Crippen LogP contribution in [0.3, 0.4) is 0 Å². The van der Waals surface area contributed by atoms with Gasteiger partial charge in [0.25, 0.3) is 0 Å². The van der Waals surface area contributed by atoms with Crippen molar-refractivity contribution in [3.8, 4) is 5.75 Å². The van der Waals surface area contributed by atoms with E-state index in [1.54, 1.807) is 18.2 Å². The fourth-order valence-electron chi connectivity index (χ4n) is 1.90. The predicted octanol–water partition coefficient (Wildman–Crippen LogP) is 5.93. The molecule has 0 aliphatic rings. The number of rotatable bonds is 3. The first-order valence-corrected chi connectivity index (χ1v) is 7.54. The normalized spacial score (nSPS) is 12.3. The molecular weight excluding hydrogens is 366 g/mol. The topological polar surface area (TPSA) is 9.23 Å². The number of ether oxygens (including phenoxy) is 1. The highest BCUT2D eigenvalue weighted by molar-refractivity contribution is 9.09. The Labute approximate surface area is 135 Å². The van der Waals surface area contributed by atoms with Gasteiger partial charge in [-0.15, -0.1) is 0 Å². The van der Waals surface area contributed by atoms with Crippen LogP contribution in [0.1, 0.15) is 21.5 Å². The van der Waals surface area contributed by atoms with E-state index < -0.39 is 0 Å². The zero-order chi connectivity index (χ0) is 14.9. The number of benzene rings is 2. The van der Waals surface area contributed by atoms with E-state index in [9.17, 15) is 4.39 Å². The van der Waals surface area contributed by atoms with Crippen LogP contribution in [0.2, 0.25) is 10.0 Å². The van der Waals surface area contributed by atoms with Crippen LogP contribution in [0.4, 0.5) is 4.39 Å². The Morgan fingerprint density at radius 1 is 1.10 bits per heavy atom. The lowest BCUT2D eigenvalue weighted by atomic mass is 10.0. The molecule has 0 saturated carbocycles. The van der Waals surface area contributed by atoms with Gasteiger partial charge in [0.1, 0.15) is 11.6 Å². The Bertz CT molecular complexity index is 646. The van der Waals surface area contributed by atoms with E-state index in [2.05, 4.69) is 15.9 Å². The first-order valence-electron chi connectivity index (χ1n) is 5.87. The maximum atomic E-state index is 14.0. The van der Waals surface area contributed by atoms with Gasteiger partial charge in [-0.1, -0.05) is 51.3 Å². The third-order valence-electron chi connectivity index (χ3n) is 2.97. The summed E-state index contributed by atoms with van der Waals surface area (Å²) in [6, 6.07) is 8.38. The minimum Gasteiger partial charge on any atom is -0.495 e. The second-order valence-electron chi connectivity index (χ2n) is 4.40. The molecule has 2 aromatic rings. The summed E-state index contributed by atoms with van der Waals surface area (Å²) in [5.41, 5.74) is 2.07. The molecule has 0 amide bonds. The van der Waals surface area contributed by atoms with Crippen LogP contribution in [0, 0.1) is 12.7 Å². The van der Waals surface area contributed by atoms with Gasteiger partial charge >= 0.3 is 0 Å². The summed E-state index contributed by atoms with van der Waals surface area (Å²) in [5.74, 6) is 0.208. The van der Waals surface area contributed by atoms with Gasteiger partial charge in [-0.3, -0.25) is 0 Å². The molecule has 0 fully saturated rings. The second kappa shape index (κ2) is 6.33. The molecule has 0 aliphatic carbocycles. The number of halogens is 4. The van der Waals surface area contributed by atoms with E-state index in [0.717, 1.165) is 5.56 Å². The van der Waals surface area contributed by atoms with E-state index in [1.165, 1.54) is 13.2 Å². The molecule has 1 unspecified atom stereocenters. The van der Waals surface area contributed by atoms with Crippen LogP contribution in [0.15, 0.2) is 30.3 Å². The van der Waals surface area contributed by atoms with E-state index in [4.69, 9.17) is 27.9 Å². The Morgan fingerprint density at radius 2 is 1.80 bits per heavy atom. The van der Waals surface area contributed by atoms with Crippen LogP contribution in [0.25, 0.3) is 0 Å². The molecule has 20 heavy (non-hydrogen) atoms. The lowest BCUT2D eigenvalue weighted by Gasteiger charge is -2.15. The van der Waals surface area contributed by atoms with Crippen molar-refractivity contribution in [2.45, 2.75) is 11.8 Å². The SMILES string of the molecule is COc1cc(Cl)c(C(Br)c2ccc(C)cc2F)cc1Cl. The van der Waals surface area contributed by atoms with Crippen molar-refractivity contribution in [2.75, 3.05) is 7.11 Å². The maximum absolute atomic E-state index is 14.0. The molecule has 0 radical (unpaired) electrons. The van der Waals surface area contributed by atoms with Crippen molar-refractivity contribution in [3.05, 3.63) is 62.9 Å². The van der Waals surface area contributed by atoms with Crippen molar-refractivity contribution in [1.29, 1.82) is 0 Å². The van der Waals surface area contributed by atoms with Gasteiger partial charge in [-0.2, -0.15) is 0 Å². The van der Waals surface area contributed by atoms with Gasteiger partial charge in [0.2, 0.25) is 0 Å². The molecule has 0 aliphatic heterocycles. The molecule has 2 aromatic carbocycles. The predicted molar refractivity (Wildman–Crippen MR) is 84.9 cm³/mol. The molecule has 0 bridgehead atoms. The number of methoxy groups -OCH3 is 1. The maximum Gasteiger partial charge on any atom is 0.138 e. The summed E-state index contributed by atoms with van der Waals surface area (Å²) in [4.78, 5) is -0.376. The smallest absolute Gasteiger partial charge is 0.138 e. The summed E-state index contributed by atoms with van der Waals surface area (Å²) in [5, 5.41) is 0.900. The van der Waals surface area contributed by atoms with Gasteiger partial charge in [-0.05, 0) is 30.2 Å². The average Bonchev–Trinajstić information content (AvgIpc) is 2.40. The van der Waals surface area contributed by atoms with E-state index in [0.29, 0.717) is 26.9 Å². The highest BCUT2D eigenvalue weighted by Crippen LogP contribution is 2.40. The van der Waals surface area contributed by atoms with Gasteiger partial charge in [-0.25, -0.2) is 4.39 Å². The Balaban J connectivity index is 2.48. The summed E-state index contributed by atoms with van der Waals surface area (Å²) in [6.07, 6.45) is 0. The fourth-order valence-corrected chi connectivity index (χ4v) is 3.29. The summed E-state index contributed by atoms with van der Waals surface area (Å²) in [7, 11) is 1.52. The Kier molecular flexibility index (Phi) is 4.95. The summed E-state index contributed by atoms with van der Waals surface area (Å²) in [6.45, 7) is 1.84. The van der Waals surface area contributed by atoms with E-state index in [-0.39, 0.29) is 10.6 Å². The van der Waals surface area contributed by atoms with Gasteiger partial charge < -0.3 is 4.74 Å². The summed E-state index contributed by atoms with van der Waals surface area (Å²) >= 11 is 15.8. The Hall–Kier alpha value is -0.770.